The highest BCUT2D eigenvalue weighted by atomic mass is 32.2. The highest BCUT2D eigenvalue weighted by Gasteiger charge is 2.50. The smallest absolute Gasteiger partial charge is 0.0893 e. The first-order chi connectivity index (χ1) is 7.22. The van der Waals surface area contributed by atoms with E-state index in [1.807, 2.05) is 23.5 Å². The first-order valence-electron chi connectivity index (χ1n) is 6.23. The van der Waals surface area contributed by atoms with Gasteiger partial charge >= 0.3 is 0 Å². The summed E-state index contributed by atoms with van der Waals surface area (Å²) in [6.07, 6.45) is 8.24. The molecular formula is C12H22OS2. The maximum Gasteiger partial charge on any atom is 0.0893 e. The quantitative estimate of drug-likeness (QED) is 0.803. The average Bonchev–Trinajstić information content (AvgIpc) is 2.31. The monoisotopic (exact) mass is 246 g/mol. The van der Waals surface area contributed by atoms with Crippen LogP contribution in [0.5, 0.6) is 0 Å². The van der Waals surface area contributed by atoms with Crippen LogP contribution in [0.1, 0.15) is 51.9 Å². The molecule has 88 valence electrons. The van der Waals surface area contributed by atoms with Gasteiger partial charge in [-0.2, -0.15) is 0 Å². The Labute approximate surface area is 102 Å². The van der Waals surface area contributed by atoms with Crippen LogP contribution in [0, 0.1) is 0 Å². The SMILES string of the molecule is CCC1(C2(O)CCCCC2)SCCCS1. The Kier molecular flexibility index (Phi) is 3.95. The molecule has 1 aliphatic carbocycles. The second-order valence-corrected chi connectivity index (χ2v) is 7.80. The molecule has 0 radical (unpaired) electrons. The summed E-state index contributed by atoms with van der Waals surface area (Å²) in [4.78, 5) is 0. The summed E-state index contributed by atoms with van der Waals surface area (Å²) >= 11 is 4.06. The molecule has 0 aromatic heterocycles. The van der Waals surface area contributed by atoms with Gasteiger partial charge in [-0.05, 0) is 37.2 Å². The van der Waals surface area contributed by atoms with E-state index in [-0.39, 0.29) is 9.68 Å². The van der Waals surface area contributed by atoms with Crippen molar-refractivity contribution in [2.24, 2.45) is 0 Å². The summed E-state index contributed by atoms with van der Waals surface area (Å²) in [5.74, 6) is 2.48. The highest BCUT2D eigenvalue weighted by molar-refractivity contribution is 8.18. The lowest BCUT2D eigenvalue weighted by molar-refractivity contribution is -0.00807. The molecular weight excluding hydrogens is 224 g/mol. The standard InChI is InChI=1S/C12H22OS2/c1-2-12(14-9-6-10-15-12)11(13)7-4-3-5-8-11/h13H,2-10H2,1H3. The molecule has 0 amide bonds. The second-order valence-electron chi connectivity index (χ2n) is 4.75. The minimum absolute atomic E-state index is 0.117. The minimum Gasteiger partial charge on any atom is -0.388 e. The molecule has 3 heteroatoms. The topological polar surface area (TPSA) is 20.2 Å². The van der Waals surface area contributed by atoms with Crippen molar-refractivity contribution in [1.29, 1.82) is 0 Å². The summed E-state index contributed by atoms with van der Waals surface area (Å²) < 4.78 is 0.117. The van der Waals surface area contributed by atoms with Crippen molar-refractivity contribution in [2.75, 3.05) is 11.5 Å². The molecule has 2 fully saturated rings. The van der Waals surface area contributed by atoms with E-state index in [0.717, 1.165) is 19.3 Å². The van der Waals surface area contributed by atoms with Crippen molar-refractivity contribution in [2.45, 2.75) is 61.5 Å². The largest absolute Gasteiger partial charge is 0.388 e. The lowest BCUT2D eigenvalue weighted by atomic mass is 9.81. The zero-order valence-electron chi connectivity index (χ0n) is 9.63. The maximum absolute atomic E-state index is 10.9. The van der Waals surface area contributed by atoms with Crippen LogP contribution in [0.4, 0.5) is 0 Å². The van der Waals surface area contributed by atoms with Gasteiger partial charge in [0.05, 0.1) is 9.68 Å². The van der Waals surface area contributed by atoms with E-state index in [0.29, 0.717) is 0 Å². The molecule has 0 aromatic carbocycles. The van der Waals surface area contributed by atoms with Crippen molar-refractivity contribution in [3.63, 3.8) is 0 Å². The van der Waals surface area contributed by atoms with Crippen molar-refractivity contribution >= 4 is 23.5 Å². The van der Waals surface area contributed by atoms with Crippen LogP contribution in [0.15, 0.2) is 0 Å². The van der Waals surface area contributed by atoms with Gasteiger partial charge in [0, 0.05) is 0 Å². The summed E-state index contributed by atoms with van der Waals surface area (Å²) in [5.41, 5.74) is -0.379. The Hall–Kier alpha value is 0.660. The number of rotatable bonds is 2. The Morgan fingerprint density at radius 3 is 2.13 bits per heavy atom. The molecule has 15 heavy (non-hydrogen) atoms. The third-order valence-electron chi connectivity index (χ3n) is 3.81. The molecule has 1 saturated carbocycles. The fourth-order valence-electron chi connectivity index (χ4n) is 2.89. The van der Waals surface area contributed by atoms with Gasteiger partial charge in [-0.15, -0.1) is 23.5 Å². The first-order valence-corrected chi connectivity index (χ1v) is 8.20. The van der Waals surface area contributed by atoms with Gasteiger partial charge in [-0.25, -0.2) is 0 Å². The van der Waals surface area contributed by atoms with Crippen LogP contribution in [0.2, 0.25) is 0 Å². The summed E-state index contributed by atoms with van der Waals surface area (Å²) in [7, 11) is 0. The first kappa shape index (κ1) is 12.1. The van der Waals surface area contributed by atoms with Crippen molar-refractivity contribution in [3.8, 4) is 0 Å². The van der Waals surface area contributed by atoms with Crippen LogP contribution in [0.3, 0.4) is 0 Å². The molecule has 0 unspecified atom stereocenters. The maximum atomic E-state index is 10.9. The number of hydrogen-bond donors (Lipinski definition) is 1. The molecule has 2 rings (SSSR count). The van der Waals surface area contributed by atoms with Crippen LogP contribution >= 0.6 is 23.5 Å². The molecule has 0 bridgehead atoms. The van der Waals surface area contributed by atoms with Gasteiger partial charge in [0.15, 0.2) is 0 Å². The molecule has 0 aromatic rings. The van der Waals surface area contributed by atoms with E-state index in [1.165, 1.54) is 37.2 Å². The second kappa shape index (κ2) is 4.89. The molecule has 1 aliphatic heterocycles. The lowest BCUT2D eigenvalue weighted by Gasteiger charge is -2.50. The van der Waals surface area contributed by atoms with Crippen LogP contribution in [-0.4, -0.2) is 26.3 Å². The highest BCUT2D eigenvalue weighted by Crippen LogP contribution is 2.55. The fraction of sp³-hybridized carbons (Fsp3) is 1.00. The zero-order valence-corrected chi connectivity index (χ0v) is 11.3. The van der Waals surface area contributed by atoms with E-state index < -0.39 is 0 Å². The van der Waals surface area contributed by atoms with E-state index in [1.54, 1.807) is 0 Å². The van der Waals surface area contributed by atoms with Gasteiger partial charge in [0.25, 0.3) is 0 Å². The molecule has 1 saturated heterocycles. The van der Waals surface area contributed by atoms with Crippen molar-refractivity contribution in [1.82, 2.24) is 0 Å². The predicted octanol–water partition coefficient (Wildman–Crippen LogP) is 3.66. The van der Waals surface area contributed by atoms with Gasteiger partial charge in [0.1, 0.15) is 0 Å². The Morgan fingerprint density at radius 1 is 1.00 bits per heavy atom. The molecule has 0 atom stereocenters. The minimum atomic E-state index is -0.379. The third kappa shape index (κ3) is 2.20. The Morgan fingerprint density at radius 2 is 1.60 bits per heavy atom. The number of aliphatic hydroxyl groups is 1. The summed E-state index contributed by atoms with van der Waals surface area (Å²) in [5, 5.41) is 10.9. The molecule has 0 spiro atoms. The van der Waals surface area contributed by atoms with Gasteiger partial charge in [-0.3, -0.25) is 0 Å². The van der Waals surface area contributed by atoms with Crippen molar-refractivity contribution < 1.29 is 5.11 Å². The molecule has 1 heterocycles. The fourth-order valence-corrected chi connectivity index (χ4v) is 6.50. The normalized spacial score (nSPS) is 30.0. The number of thioether (sulfide) groups is 2. The molecule has 2 aliphatic rings. The summed E-state index contributed by atoms with van der Waals surface area (Å²) in [6, 6.07) is 0. The van der Waals surface area contributed by atoms with E-state index in [9.17, 15) is 5.11 Å². The zero-order chi connectivity index (χ0) is 10.8. The summed E-state index contributed by atoms with van der Waals surface area (Å²) in [6.45, 7) is 2.25. The third-order valence-corrected chi connectivity index (χ3v) is 7.78. The van der Waals surface area contributed by atoms with Gasteiger partial charge in [-0.1, -0.05) is 26.2 Å². The van der Waals surface area contributed by atoms with Crippen LogP contribution in [0.25, 0.3) is 0 Å². The predicted molar refractivity (Wildman–Crippen MR) is 70.6 cm³/mol. The molecule has 1 nitrogen and oxygen atoms in total. The lowest BCUT2D eigenvalue weighted by Crippen LogP contribution is -2.51. The Balaban J connectivity index is 2.15. The number of hydrogen-bond acceptors (Lipinski definition) is 3. The van der Waals surface area contributed by atoms with Gasteiger partial charge < -0.3 is 5.11 Å². The molecule has 1 N–H and O–H groups in total. The van der Waals surface area contributed by atoms with Crippen LogP contribution < -0.4 is 0 Å². The average molecular weight is 246 g/mol. The van der Waals surface area contributed by atoms with E-state index >= 15 is 0 Å². The Bertz CT molecular complexity index is 206. The van der Waals surface area contributed by atoms with Gasteiger partial charge in [0.2, 0.25) is 0 Å². The van der Waals surface area contributed by atoms with Crippen LogP contribution in [-0.2, 0) is 0 Å². The van der Waals surface area contributed by atoms with E-state index in [4.69, 9.17) is 0 Å². The van der Waals surface area contributed by atoms with Crippen molar-refractivity contribution in [3.05, 3.63) is 0 Å². The van der Waals surface area contributed by atoms with E-state index in [2.05, 4.69) is 6.92 Å².